The van der Waals surface area contributed by atoms with Gasteiger partial charge in [-0.15, -0.1) is 0 Å². The van der Waals surface area contributed by atoms with Crippen molar-refractivity contribution in [1.82, 2.24) is 0 Å². The summed E-state index contributed by atoms with van der Waals surface area (Å²) in [6.07, 6.45) is 5.74. The average molecular weight is 202 g/mol. The molecule has 3 heteroatoms. The SMILES string of the molecule is CC(C)(C)CCCCCCC(=O)OO. The third-order valence-corrected chi connectivity index (χ3v) is 2.16. The standard InChI is InChI=1S/C11H22O3/c1-11(2,3)9-7-5-4-6-8-10(12)14-13/h13H,4-9H2,1-3H3. The zero-order valence-corrected chi connectivity index (χ0v) is 9.51. The van der Waals surface area contributed by atoms with Crippen LogP contribution in [-0.2, 0) is 9.68 Å². The first-order chi connectivity index (χ1) is 6.45. The van der Waals surface area contributed by atoms with Gasteiger partial charge in [-0.25, -0.2) is 4.79 Å². The van der Waals surface area contributed by atoms with E-state index in [0.717, 1.165) is 19.3 Å². The molecule has 0 bridgehead atoms. The molecule has 84 valence electrons. The van der Waals surface area contributed by atoms with Crippen LogP contribution in [0.5, 0.6) is 0 Å². The summed E-state index contributed by atoms with van der Waals surface area (Å²) in [6, 6.07) is 0. The Bertz CT molecular complexity index is 158. The molecule has 0 atom stereocenters. The second-order valence-corrected chi connectivity index (χ2v) is 4.94. The van der Waals surface area contributed by atoms with Crippen LogP contribution < -0.4 is 0 Å². The Balaban J connectivity index is 3.18. The van der Waals surface area contributed by atoms with Crippen LogP contribution in [0.2, 0.25) is 0 Å². The lowest BCUT2D eigenvalue weighted by molar-refractivity contribution is -0.234. The summed E-state index contributed by atoms with van der Waals surface area (Å²) in [5, 5.41) is 7.99. The molecule has 0 aromatic rings. The Labute approximate surface area is 86.4 Å². The van der Waals surface area contributed by atoms with Gasteiger partial charge in [-0.05, 0) is 18.3 Å². The summed E-state index contributed by atoms with van der Waals surface area (Å²) >= 11 is 0. The second kappa shape index (κ2) is 6.82. The summed E-state index contributed by atoms with van der Waals surface area (Å²) in [6.45, 7) is 6.70. The number of rotatable bonds is 6. The lowest BCUT2D eigenvalue weighted by Gasteiger charge is -2.17. The lowest BCUT2D eigenvalue weighted by Crippen LogP contribution is -2.04. The molecule has 0 heterocycles. The minimum Gasteiger partial charge on any atom is -0.301 e. The van der Waals surface area contributed by atoms with E-state index in [4.69, 9.17) is 5.26 Å². The molecule has 0 aromatic carbocycles. The monoisotopic (exact) mass is 202 g/mol. The number of hydrogen-bond acceptors (Lipinski definition) is 3. The van der Waals surface area contributed by atoms with Crippen molar-refractivity contribution in [3.05, 3.63) is 0 Å². The molecule has 0 spiro atoms. The fourth-order valence-corrected chi connectivity index (χ4v) is 1.32. The molecule has 0 aliphatic heterocycles. The van der Waals surface area contributed by atoms with E-state index in [-0.39, 0.29) is 0 Å². The highest BCUT2D eigenvalue weighted by molar-refractivity contribution is 5.68. The van der Waals surface area contributed by atoms with Crippen LogP contribution in [0.3, 0.4) is 0 Å². The van der Waals surface area contributed by atoms with Gasteiger partial charge in [0.15, 0.2) is 0 Å². The van der Waals surface area contributed by atoms with Gasteiger partial charge in [0.05, 0.1) is 0 Å². The maximum absolute atomic E-state index is 10.5. The zero-order chi connectivity index (χ0) is 11.0. The molecule has 0 fully saturated rings. The quantitative estimate of drug-likeness (QED) is 0.408. The summed E-state index contributed by atoms with van der Waals surface area (Å²) in [5.74, 6) is -0.527. The highest BCUT2D eigenvalue weighted by Gasteiger charge is 2.08. The van der Waals surface area contributed by atoms with Crippen molar-refractivity contribution in [3.8, 4) is 0 Å². The smallest absolute Gasteiger partial charge is 0.301 e. The van der Waals surface area contributed by atoms with Gasteiger partial charge in [0.1, 0.15) is 0 Å². The van der Waals surface area contributed by atoms with Crippen molar-refractivity contribution in [2.45, 2.75) is 59.3 Å². The fourth-order valence-electron chi connectivity index (χ4n) is 1.32. The predicted molar refractivity (Wildman–Crippen MR) is 55.9 cm³/mol. The Morgan fingerprint density at radius 2 is 1.71 bits per heavy atom. The summed E-state index contributed by atoms with van der Waals surface area (Å²) < 4.78 is 0. The van der Waals surface area contributed by atoms with E-state index < -0.39 is 5.97 Å². The van der Waals surface area contributed by atoms with E-state index >= 15 is 0 Å². The molecular formula is C11H22O3. The minimum atomic E-state index is -0.527. The maximum Gasteiger partial charge on any atom is 0.342 e. The van der Waals surface area contributed by atoms with Crippen molar-refractivity contribution in [1.29, 1.82) is 0 Å². The van der Waals surface area contributed by atoms with Crippen molar-refractivity contribution in [2.24, 2.45) is 5.41 Å². The molecule has 0 saturated heterocycles. The van der Waals surface area contributed by atoms with Crippen LogP contribution in [0, 0.1) is 5.41 Å². The van der Waals surface area contributed by atoms with Crippen molar-refractivity contribution in [2.75, 3.05) is 0 Å². The van der Waals surface area contributed by atoms with E-state index in [2.05, 4.69) is 25.7 Å². The molecular weight excluding hydrogens is 180 g/mol. The molecule has 0 aliphatic carbocycles. The summed E-state index contributed by atoms with van der Waals surface area (Å²) in [7, 11) is 0. The Hall–Kier alpha value is -0.570. The molecule has 0 saturated carbocycles. The van der Waals surface area contributed by atoms with E-state index in [1.807, 2.05) is 0 Å². The molecule has 0 aliphatic rings. The largest absolute Gasteiger partial charge is 0.342 e. The zero-order valence-electron chi connectivity index (χ0n) is 9.51. The van der Waals surface area contributed by atoms with Gasteiger partial charge in [-0.2, -0.15) is 5.26 Å². The number of carbonyl (C=O) groups is 1. The van der Waals surface area contributed by atoms with Crippen molar-refractivity contribution in [3.63, 3.8) is 0 Å². The number of unbranched alkanes of at least 4 members (excludes halogenated alkanes) is 3. The molecule has 3 nitrogen and oxygen atoms in total. The van der Waals surface area contributed by atoms with Gasteiger partial charge >= 0.3 is 5.97 Å². The summed E-state index contributed by atoms with van der Waals surface area (Å²) in [4.78, 5) is 14.1. The first-order valence-corrected chi connectivity index (χ1v) is 5.30. The number of hydrogen-bond donors (Lipinski definition) is 1. The molecule has 0 radical (unpaired) electrons. The third kappa shape index (κ3) is 9.52. The molecule has 14 heavy (non-hydrogen) atoms. The van der Waals surface area contributed by atoms with Gasteiger partial charge in [0.2, 0.25) is 0 Å². The maximum atomic E-state index is 10.5. The fraction of sp³-hybridized carbons (Fsp3) is 0.909. The van der Waals surface area contributed by atoms with E-state index in [1.165, 1.54) is 12.8 Å². The first kappa shape index (κ1) is 13.4. The molecule has 1 N–H and O–H groups in total. The van der Waals surface area contributed by atoms with E-state index in [0.29, 0.717) is 11.8 Å². The normalized spacial score (nSPS) is 11.4. The Kier molecular flexibility index (Phi) is 6.54. The highest BCUT2D eigenvalue weighted by atomic mass is 17.1. The average Bonchev–Trinajstić information content (AvgIpc) is 2.08. The van der Waals surface area contributed by atoms with E-state index in [9.17, 15) is 4.79 Å². The summed E-state index contributed by atoms with van der Waals surface area (Å²) in [5.41, 5.74) is 0.407. The van der Waals surface area contributed by atoms with Crippen LogP contribution in [0.25, 0.3) is 0 Å². The van der Waals surface area contributed by atoms with Gasteiger partial charge in [0.25, 0.3) is 0 Å². The van der Waals surface area contributed by atoms with Crippen LogP contribution in [-0.4, -0.2) is 11.2 Å². The Morgan fingerprint density at radius 3 is 2.21 bits per heavy atom. The molecule has 0 aromatic heterocycles. The molecule has 0 rings (SSSR count). The van der Waals surface area contributed by atoms with Crippen LogP contribution in [0.4, 0.5) is 0 Å². The van der Waals surface area contributed by atoms with Gasteiger partial charge < -0.3 is 4.89 Å². The second-order valence-electron chi connectivity index (χ2n) is 4.94. The first-order valence-electron chi connectivity index (χ1n) is 5.30. The number of carbonyl (C=O) groups excluding carboxylic acids is 1. The van der Waals surface area contributed by atoms with Gasteiger partial charge in [0, 0.05) is 6.42 Å². The molecule has 0 unspecified atom stereocenters. The predicted octanol–water partition coefficient (Wildman–Crippen LogP) is 3.39. The topological polar surface area (TPSA) is 46.5 Å². The molecule has 0 amide bonds. The van der Waals surface area contributed by atoms with Gasteiger partial charge in [-0.1, -0.05) is 40.0 Å². The lowest BCUT2D eigenvalue weighted by atomic mass is 9.89. The van der Waals surface area contributed by atoms with Gasteiger partial charge in [-0.3, -0.25) is 0 Å². The Morgan fingerprint density at radius 1 is 1.14 bits per heavy atom. The third-order valence-electron chi connectivity index (χ3n) is 2.16. The van der Waals surface area contributed by atoms with E-state index in [1.54, 1.807) is 0 Å². The van der Waals surface area contributed by atoms with Crippen LogP contribution >= 0.6 is 0 Å². The van der Waals surface area contributed by atoms with Crippen molar-refractivity contribution < 1.29 is 14.9 Å². The van der Waals surface area contributed by atoms with Crippen LogP contribution in [0.1, 0.15) is 59.3 Å². The highest BCUT2D eigenvalue weighted by Crippen LogP contribution is 2.22. The van der Waals surface area contributed by atoms with Crippen molar-refractivity contribution >= 4 is 5.97 Å². The van der Waals surface area contributed by atoms with Crippen LogP contribution in [0.15, 0.2) is 0 Å². The minimum absolute atomic E-state index is 0.325.